The zero-order valence-corrected chi connectivity index (χ0v) is 21.5. The molecule has 0 aliphatic carbocycles. The molecule has 0 bridgehead atoms. The molecule has 1 aliphatic rings. The molecule has 8 heteroatoms. The summed E-state index contributed by atoms with van der Waals surface area (Å²) in [6, 6.07) is 12.0. The summed E-state index contributed by atoms with van der Waals surface area (Å²) in [6.45, 7) is 6.14. The molecule has 3 aromatic rings. The molecule has 2 aromatic carbocycles. The van der Waals surface area contributed by atoms with Gasteiger partial charge in [0, 0.05) is 35.0 Å². The van der Waals surface area contributed by atoms with Gasteiger partial charge in [-0.2, -0.15) is 0 Å². The number of aryl methyl sites for hydroxylation is 1. The molecular weight excluding hydrogens is 562 g/mol. The van der Waals surface area contributed by atoms with Crippen LogP contribution >= 0.6 is 45.5 Å². The fourth-order valence-corrected chi connectivity index (χ4v) is 6.30. The summed E-state index contributed by atoms with van der Waals surface area (Å²) < 4.78 is 15.3. The van der Waals surface area contributed by atoms with Gasteiger partial charge in [0.25, 0.3) is 5.91 Å². The lowest BCUT2D eigenvalue weighted by Gasteiger charge is -2.21. The van der Waals surface area contributed by atoms with Crippen LogP contribution in [-0.2, 0) is 23.3 Å². The van der Waals surface area contributed by atoms with Crippen molar-refractivity contribution in [2.45, 2.75) is 39.3 Å². The first-order valence-electron chi connectivity index (χ1n) is 10.0. The van der Waals surface area contributed by atoms with E-state index in [0.29, 0.717) is 17.8 Å². The number of thiophene rings is 1. The molecule has 2 amide bonds. The maximum Gasteiger partial charge on any atom is 0.251 e. The van der Waals surface area contributed by atoms with E-state index in [1.54, 1.807) is 29.5 Å². The molecule has 0 spiro atoms. The third kappa shape index (κ3) is 4.18. The average Bonchev–Trinajstić information content (AvgIpc) is 3.23. The Morgan fingerprint density at radius 3 is 2.66 bits per heavy atom. The number of nitrogens with zero attached hydrogens (tertiary/aromatic N) is 1. The number of amides is 2. The normalized spacial score (nSPS) is 14.6. The predicted molar refractivity (Wildman–Crippen MR) is 135 cm³/mol. The van der Waals surface area contributed by atoms with Crippen molar-refractivity contribution in [2.75, 3.05) is 4.90 Å². The van der Waals surface area contributed by atoms with Crippen molar-refractivity contribution in [1.29, 1.82) is 0 Å². The monoisotopic (exact) mass is 582 g/mol. The van der Waals surface area contributed by atoms with Gasteiger partial charge in [-0.15, -0.1) is 11.3 Å². The standard InChI is InChI=1S/C24H21ClFIN2O2S/c1-13-7-8-15(32-13)11-28-22(30)14-9-19(27)21-20(10-14)29(23(31)24(21,2)3)12-16-17(25)5-4-6-18(16)26/h4-10H,11-12H2,1-3H3,(H,28,30). The maximum absolute atomic E-state index is 14.5. The highest BCUT2D eigenvalue weighted by atomic mass is 127. The molecule has 166 valence electrons. The van der Waals surface area contributed by atoms with Crippen LogP contribution in [0.1, 0.15) is 45.1 Å². The van der Waals surface area contributed by atoms with Crippen molar-refractivity contribution >= 4 is 63.0 Å². The fourth-order valence-electron chi connectivity index (χ4n) is 3.96. The molecule has 4 rings (SSSR count). The molecule has 2 heterocycles. The van der Waals surface area contributed by atoms with Crippen LogP contribution in [0, 0.1) is 16.3 Å². The Morgan fingerprint density at radius 1 is 1.25 bits per heavy atom. The zero-order valence-electron chi connectivity index (χ0n) is 17.8. The van der Waals surface area contributed by atoms with Crippen molar-refractivity contribution in [1.82, 2.24) is 5.32 Å². The zero-order chi connectivity index (χ0) is 23.2. The second kappa shape index (κ2) is 8.76. The number of anilines is 1. The van der Waals surface area contributed by atoms with Gasteiger partial charge in [0.05, 0.1) is 24.2 Å². The first-order valence-corrected chi connectivity index (χ1v) is 12.3. The second-order valence-electron chi connectivity index (χ2n) is 8.26. The van der Waals surface area contributed by atoms with Gasteiger partial charge < -0.3 is 10.2 Å². The molecule has 0 fully saturated rings. The van der Waals surface area contributed by atoms with Crippen molar-refractivity contribution in [3.63, 3.8) is 0 Å². The molecule has 1 aliphatic heterocycles. The van der Waals surface area contributed by atoms with E-state index in [9.17, 15) is 14.0 Å². The largest absolute Gasteiger partial charge is 0.347 e. The van der Waals surface area contributed by atoms with Gasteiger partial charge in [-0.25, -0.2) is 4.39 Å². The van der Waals surface area contributed by atoms with Crippen LogP contribution in [0.2, 0.25) is 5.02 Å². The molecular formula is C24H21ClFIN2O2S. The molecule has 1 aromatic heterocycles. The van der Waals surface area contributed by atoms with E-state index in [1.807, 2.05) is 32.9 Å². The maximum atomic E-state index is 14.5. The van der Waals surface area contributed by atoms with Gasteiger partial charge in [-0.3, -0.25) is 9.59 Å². The highest BCUT2D eigenvalue weighted by Gasteiger charge is 2.46. The SMILES string of the molecule is Cc1ccc(CNC(=O)c2cc(I)c3c(c2)N(Cc2c(F)cccc2Cl)C(=O)C3(C)C)s1. The molecule has 32 heavy (non-hydrogen) atoms. The minimum absolute atomic E-state index is 0.00358. The Bertz CT molecular complexity index is 1220. The van der Waals surface area contributed by atoms with Crippen LogP contribution in [0.25, 0.3) is 0 Å². The lowest BCUT2D eigenvalue weighted by molar-refractivity contribution is -0.122. The highest BCUT2D eigenvalue weighted by molar-refractivity contribution is 14.1. The molecule has 0 radical (unpaired) electrons. The van der Waals surface area contributed by atoms with Crippen LogP contribution in [0.5, 0.6) is 0 Å². The molecule has 0 atom stereocenters. The van der Waals surface area contributed by atoms with E-state index in [-0.39, 0.29) is 28.9 Å². The third-order valence-corrected chi connectivity index (χ3v) is 7.83. The number of benzene rings is 2. The number of rotatable bonds is 5. The topological polar surface area (TPSA) is 49.4 Å². The van der Waals surface area contributed by atoms with Gasteiger partial charge in [-0.1, -0.05) is 17.7 Å². The fraction of sp³-hybridized carbons (Fsp3) is 0.250. The van der Waals surface area contributed by atoms with E-state index in [2.05, 4.69) is 27.9 Å². The Labute approximate surface area is 208 Å². The summed E-state index contributed by atoms with van der Waals surface area (Å²) in [5, 5.41) is 3.21. The molecule has 0 unspecified atom stereocenters. The molecule has 1 N–H and O–H groups in total. The number of nitrogens with one attached hydrogen (secondary N) is 1. The van der Waals surface area contributed by atoms with E-state index in [4.69, 9.17) is 11.6 Å². The van der Waals surface area contributed by atoms with E-state index >= 15 is 0 Å². The highest BCUT2D eigenvalue weighted by Crippen LogP contribution is 2.45. The van der Waals surface area contributed by atoms with Gasteiger partial charge in [0.15, 0.2) is 0 Å². The van der Waals surface area contributed by atoms with Crippen LogP contribution < -0.4 is 10.2 Å². The van der Waals surface area contributed by atoms with E-state index < -0.39 is 11.2 Å². The van der Waals surface area contributed by atoms with Gasteiger partial charge in [0.1, 0.15) is 5.82 Å². The smallest absolute Gasteiger partial charge is 0.251 e. The lowest BCUT2D eigenvalue weighted by atomic mass is 9.86. The summed E-state index contributed by atoms with van der Waals surface area (Å²) in [4.78, 5) is 30.0. The van der Waals surface area contributed by atoms with Crippen LogP contribution in [0.3, 0.4) is 0 Å². The quantitative estimate of drug-likeness (QED) is 0.364. The molecule has 0 saturated heterocycles. The summed E-state index contributed by atoms with van der Waals surface area (Å²) in [7, 11) is 0. The summed E-state index contributed by atoms with van der Waals surface area (Å²) in [5.41, 5.74) is 1.36. The molecule has 4 nitrogen and oxygen atoms in total. The number of carbonyl (C=O) groups is 2. The summed E-state index contributed by atoms with van der Waals surface area (Å²) in [5.74, 6) is -0.847. The van der Waals surface area contributed by atoms with Crippen LogP contribution in [-0.4, -0.2) is 11.8 Å². The minimum atomic E-state index is -0.799. The Balaban J connectivity index is 1.69. The minimum Gasteiger partial charge on any atom is -0.347 e. The Kier molecular flexibility index (Phi) is 6.35. The van der Waals surface area contributed by atoms with Crippen molar-refractivity contribution in [3.8, 4) is 0 Å². The number of hydrogen-bond acceptors (Lipinski definition) is 3. The Hall–Kier alpha value is -1.97. The number of carbonyl (C=O) groups excluding carboxylic acids is 2. The van der Waals surface area contributed by atoms with Gasteiger partial charge >= 0.3 is 0 Å². The van der Waals surface area contributed by atoms with Crippen LogP contribution in [0.15, 0.2) is 42.5 Å². The van der Waals surface area contributed by atoms with Crippen molar-refractivity contribution in [2.24, 2.45) is 0 Å². The van der Waals surface area contributed by atoms with Gasteiger partial charge in [-0.05, 0) is 79.8 Å². The predicted octanol–water partition coefficient (Wildman–Crippen LogP) is 6.21. The third-order valence-electron chi connectivity index (χ3n) is 5.62. The van der Waals surface area contributed by atoms with E-state index in [1.165, 1.54) is 21.9 Å². The first kappa shape index (κ1) is 23.2. The van der Waals surface area contributed by atoms with E-state index in [0.717, 1.165) is 14.0 Å². The van der Waals surface area contributed by atoms with Crippen LogP contribution in [0.4, 0.5) is 10.1 Å². The number of hydrogen-bond donors (Lipinski definition) is 1. The number of halogens is 3. The summed E-state index contributed by atoms with van der Waals surface area (Å²) in [6.07, 6.45) is 0. The second-order valence-corrected chi connectivity index (χ2v) is 11.2. The first-order chi connectivity index (χ1) is 15.1. The number of fused-ring (bicyclic) bond motifs is 1. The average molecular weight is 583 g/mol. The molecule has 0 saturated carbocycles. The van der Waals surface area contributed by atoms with Crippen molar-refractivity contribution in [3.05, 3.63) is 83.3 Å². The lowest BCUT2D eigenvalue weighted by Crippen LogP contribution is -2.36. The Morgan fingerprint density at radius 2 is 2.00 bits per heavy atom. The van der Waals surface area contributed by atoms with Gasteiger partial charge in [0.2, 0.25) is 5.91 Å². The summed E-state index contributed by atoms with van der Waals surface area (Å²) >= 11 is 10.0. The van der Waals surface area contributed by atoms with Crippen molar-refractivity contribution < 1.29 is 14.0 Å².